The average Bonchev–Trinajstić information content (AvgIpc) is 2.86. The molecule has 94 valence electrons. The Morgan fingerprint density at radius 1 is 1.33 bits per heavy atom. The van der Waals surface area contributed by atoms with Gasteiger partial charge in [-0.15, -0.1) is 0 Å². The van der Waals surface area contributed by atoms with Crippen molar-refractivity contribution in [2.24, 2.45) is 0 Å². The van der Waals surface area contributed by atoms with Crippen molar-refractivity contribution in [3.8, 4) is 0 Å². The molecule has 0 unspecified atom stereocenters. The van der Waals surface area contributed by atoms with Gasteiger partial charge >= 0.3 is 0 Å². The first-order valence-corrected chi connectivity index (χ1v) is 6.31. The number of hydrogen-bond acceptors (Lipinski definition) is 2. The van der Waals surface area contributed by atoms with Crippen molar-refractivity contribution in [3.05, 3.63) is 53.3 Å². The van der Waals surface area contributed by atoms with Crippen LogP contribution in [0.4, 0.5) is 0 Å². The molecule has 2 aromatic rings. The summed E-state index contributed by atoms with van der Waals surface area (Å²) in [6.07, 6.45) is 4.81. The molecule has 0 aliphatic rings. The van der Waals surface area contributed by atoms with E-state index in [-0.39, 0.29) is 5.78 Å². The number of aromatic nitrogens is 2. The minimum Gasteiger partial charge on any atom is -0.294 e. The third-order valence-corrected chi connectivity index (χ3v) is 3.16. The van der Waals surface area contributed by atoms with Gasteiger partial charge in [0.2, 0.25) is 0 Å². The number of nitrogens with zero attached hydrogens (tertiary/aromatic N) is 2. The molecule has 3 heteroatoms. The van der Waals surface area contributed by atoms with Crippen LogP contribution in [0.2, 0.25) is 0 Å². The van der Waals surface area contributed by atoms with Gasteiger partial charge in [0.05, 0.1) is 11.8 Å². The summed E-state index contributed by atoms with van der Waals surface area (Å²) in [5, 5.41) is 4.12. The molecular weight excluding hydrogens is 224 g/mol. The van der Waals surface area contributed by atoms with E-state index in [2.05, 4.69) is 24.2 Å². The topological polar surface area (TPSA) is 34.9 Å². The smallest absolute Gasteiger partial charge is 0.166 e. The summed E-state index contributed by atoms with van der Waals surface area (Å²) in [6, 6.07) is 8.20. The predicted octanol–water partition coefficient (Wildman–Crippen LogP) is 3.03. The maximum atomic E-state index is 12.0. The van der Waals surface area contributed by atoms with Crippen LogP contribution < -0.4 is 0 Å². The highest BCUT2D eigenvalue weighted by Gasteiger charge is 2.09. The fraction of sp³-hybridized carbons (Fsp3) is 0.333. The second-order valence-corrected chi connectivity index (χ2v) is 4.43. The molecule has 0 saturated heterocycles. The summed E-state index contributed by atoms with van der Waals surface area (Å²) in [5.41, 5.74) is 3.20. The van der Waals surface area contributed by atoms with Crippen LogP contribution in [-0.4, -0.2) is 15.6 Å². The summed E-state index contributed by atoms with van der Waals surface area (Å²) in [7, 11) is 0. The normalized spacial score (nSPS) is 10.6. The van der Waals surface area contributed by atoms with Gasteiger partial charge in [-0.3, -0.25) is 9.48 Å². The number of Topliss-reactive ketones (excluding diaryl/α,β-unsaturated/α-hetero) is 1. The van der Waals surface area contributed by atoms with Gasteiger partial charge in [0, 0.05) is 19.2 Å². The van der Waals surface area contributed by atoms with Crippen LogP contribution in [0, 0.1) is 6.92 Å². The Labute approximate surface area is 107 Å². The first kappa shape index (κ1) is 12.6. The number of hydrogen-bond donors (Lipinski definition) is 0. The summed E-state index contributed by atoms with van der Waals surface area (Å²) >= 11 is 0. The molecule has 0 aliphatic carbocycles. The van der Waals surface area contributed by atoms with Crippen molar-refractivity contribution in [1.29, 1.82) is 0 Å². The number of rotatable bonds is 5. The maximum Gasteiger partial charge on any atom is 0.166 e. The lowest BCUT2D eigenvalue weighted by Crippen LogP contribution is -2.01. The van der Waals surface area contributed by atoms with E-state index in [0.717, 1.165) is 13.0 Å². The van der Waals surface area contributed by atoms with Gasteiger partial charge in [0.25, 0.3) is 0 Å². The largest absolute Gasteiger partial charge is 0.294 e. The Kier molecular flexibility index (Phi) is 3.92. The second-order valence-electron chi connectivity index (χ2n) is 4.43. The molecule has 0 spiro atoms. The van der Waals surface area contributed by atoms with E-state index in [4.69, 9.17) is 0 Å². The highest BCUT2D eigenvalue weighted by Crippen LogP contribution is 2.12. The molecule has 0 bridgehead atoms. The third-order valence-electron chi connectivity index (χ3n) is 3.16. The Bertz CT molecular complexity index is 543. The lowest BCUT2D eigenvalue weighted by molar-refractivity contribution is 0.0982. The predicted molar refractivity (Wildman–Crippen MR) is 71.7 cm³/mol. The minimum absolute atomic E-state index is 0.165. The maximum absolute atomic E-state index is 12.0. The monoisotopic (exact) mass is 242 g/mol. The van der Waals surface area contributed by atoms with E-state index in [9.17, 15) is 4.79 Å². The van der Waals surface area contributed by atoms with Gasteiger partial charge in [0.1, 0.15) is 0 Å². The first-order valence-electron chi connectivity index (χ1n) is 6.31. The van der Waals surface area contributed by atoms with Crippen LogP contribution >= 0.6 is 0 Å². The van der Waals surface area contributed by atoms with Gasteiger partial charge in [-0.1, -0.05) is 24.3 Å². The molecule has 1 aromatic heterocycles. The Morgan fingerprint density at radius 3 is 2.78 bits per heavy atom. The van der Waals surface area contributed by atoms with Crippen molar-refractivity contribution >= 4 is 5.78 Å². The fourth-order valence-corrected chi connectivity index (χ4v) is 1.96. The van der Waals surface area contributed by atoms with Gasteiger partial charge in [-0.05, 0) is 31.4 Å². The molecule has 0 amide bonds. The number of carbonyl (C=O) groups is 1. The minimum atomic E-state index is 0.165. The van der Waals surface area contributed by atoms with Crippen LogP contribution in [0.15, 0.2) is 36.7 Å². The molecule has 3 nitrogen and oxygen atoms in total. The number of benzene rings is 1. The highest BCUT2D eigenvalue weighted by molar-refractivity contribution is 5.95. The molecule has 0 N–H and O–H groups in total. The third kappa shape index (κ3) is 2.86. The molecule has 2 rings (SSSR count). The van der Waals surface area contributed by atoms with E-state index in [1.54, 1.807) is 10.9 Å². The van der Waals surface area contributed by atoms with E-state index < -0.39 is 0 Å². The van der Waals surface area contributed by atoms with Crippen molar-refractivity contribution in [3.63, 3.8) is 0 Å². The molecule has 18 heavy (non-hydrogen) atoms. The first-order chi connectivity index (χ1) is 8.70. The zero-order chi connectivity index (χ0) is 13.0. The molecule has 1 heterocycles. The van der Waals surface area contributed by atoms with Gasteiger partial charge < -0.3 is 0 Å². The Hall–Kier alpha value is -1.90. The molecule has 0 aliphatic heterocycles. The molecule has 0 fully saturated rings. The molecule has 1 aromatic carbocycles. The zero-order valence-corrected chi connectivity index (χ0v) is 10.9. The van der Waals surface area contributed by atoms with E-state index in [1.165, 1.54) is 11.1 Å². The molecule has 0 radical (unpaired) electrons. The van der Waals surface area contributed by atoms with Crippen molar-refractivity contribution in [2.45, 2.75) is 33.2 Å². The summed E-state index contributed by atoms with van der Waals surface area (Å²) in [5.74, 6) is 0.165. The molecule has 0 atom stereocenters. The van der Waals surface area contributed by atoms with E-state index >= 15 is 0 Å². The SMILES string of the molecule is CCn1cc(C(=O)CCc2ccccc2C)cn1. The number of aryl methyl sites for hydroxylation is 3. The van der Waals surface area contributed by atoms with Gasteiger partial charge in [0.15, 0.2) is 5.78 Å². The highest BCUT2D eigenvalue weighted by atomic mass is 16.1. The Balaban J connectivity index is 1.98. The standard InChI is InChI=1S/C15H18N2O/c1-3-17-11-14(10-16-17)15(18)9-8-13-7-5-4-6-12(13)2/h4-7,10-11H,3,8-9H2,1-2H3. The quantitative estimate of drug-likeness (QED) is 0.755. The lowest BCUT2D eigenvalue weighted by Gasteiger charge is -2.03. The van der Waals surface area contributed by atoms with Crippen LogP contribution in [0.5, 0.6) is 0 Å². The van der Waals surface area contributed by atoms with Crippen LogP contribution in [0.3, 0.4) is 0 Å². The van der Waals surface area contributed by atoms with E-state index in [0.29, 0.717) is 12.0 Å². The summed E-state index contributed by atoms with van der Waals surface area (Å²) in [6.45, 7) is 4.88. The Morgan fingerprint density at radius 2 is 2.11 bits per heavy atom. The van der Waals surface area contributed by atoms with Crippen LogP contribution in [0.1, 0.15) is 34.8 Å². The van der Waals surface area contributed by atoms with Crippen molar-refractivity contribution in [1.82, 2.24) is 9.78 Å². The molecule has 0 saturated carbocycles. The summed E-state index contributed by atoms with van der Waals surface area (Å²) in [4.78, 5) is 12.0. The van der Waals surface area contributed by atoms with Crippen LogP contribution in [0.25, 0.3) is 0 Å². The lowest BCUT2D eigenvalue weighted by atomic mass is 10.0. The van der Waals surface area contributed by atoms with Gasteiger partial charge in [-0.2, -0.15) is 5.10 Å². The fourth-order valence-electron chi connectivity index (χ4n) is 1.96. The second kappa shape index (κ2) is 5.63. The van der Waals surface area contributed by atoms with Crippen molar-refractivity contribution in [2.75, 3.05) is 0 Å². The number of carbonyl (C=O) groups excluding carboxylic acids is 1. The molecular formula is C15H18N2O. The average molecular weight is 242 g/mol. The van der Waals surface area contributed by atoms with Crippen LogP contribution in [-0.2, 0) is 13.0 Å². The van der Waals surface area contributed by atoms with Gasteiger partial charge in [-0.25, -0.2) is 0 Å². The zero-order valence-electron chi connectivity index (χ0n) is 10.9. The van der Waals surface area contributed by atoms with Crippen molar-refractivity contribution < 1.29 is 4.79 Å². The number of ketones is 1. The van der Waals surface area contributed by atoms with E-state index in [1.807, 2.05) is 25.3 Å². The summed E-state index contributed by atoms with van der Waals surface area (Å²) < 4.78 is 1.78.